The summed E-state index contributed by atoms with van der Waals surface area (Å²) in [5.41, 5.74) is 1.41. The van der Waals surface area contributed by atoms with Gasteiger partial charge in [0, 0.05) is 6.54 Å². The first-order chi connectivity index (χ1) is 8.88. The van der Waals surface area contributed by atoms with E-state index in [9.17, 15) is 17.2 Å². The fourth-order valence-electron chi connectivity index (χ4n) is 1.65. The average molecular weight is 292 g/mol. The molecule has 0 heterocycles. The van der Waals surface area contributed by atoms with Gasteiger partial charge in [-0.15, -0.1) is 0 Å². The molecule has 0 amide bonds. The molecule has 0 unspecified atom stereocenters. The van der Waals surface area contributed by atoms with Crippen molar-refractivity contribution in [1.82, 2.24) is 10.0 Å². The molecular weight excluding hydrogens is 274 g/mol. The molecule has 4 nitrogen and oxygen atoms in total. The minimum atomic E-state index is -3.89. The van der Waals surface area contributed by atoms with E-state index < -0.39 is 23.0 Å². The first kappa shape index (κ1) is 16.0. The molecule has 0 aromatic heterocycles. The van der Waals surface area contributed by atoms with Crippen molar-refractivity contribution < 1.29 is 17.2 Å². The lowest BCUT2D eigenvalue weighted by molar-refractivity contribution is 0.153. The first-order valence-corrected chi connectivity index (χ1v) is 7.43. The van der Waals surface area contributed by atoms with Gasteiger partial charge in [-0.2, -0.15) is 0 Å². The number of sulfonamides is 1. The van der Waals surface area contributed by atoms with Crippen LogP contribution in [0, 0.1) is 6.92 Å². The third-order valence-corrected chi connectivity index (χ3v) is 4.25. The zero-order valence-electron chi connectivity index (χ0n) is 10.9. The van der Waals surface area contributed by atoms with Gasteiger partial charge in [0.2, 0.25) is 10.0 Å². The Hall–Kier alpha value is -1.05. The minimum absolute atomic E-state index is 0.0450. The maximum Gasteiger partial charge on any atom is 0.251 e. The van der Waals surface area contributed by atoms with E-state index in [4.69, 9.17) is 0 Å². The Morgan fingerprint density at radius 3 is 2.58 bits per heavy atom. The molecule has 2 N–H and O–H groups in total. The Balaban J connectivity index is 3.00. The molecule has 0 radical (unpaired) electrons. The van der Waals surface area contributed by atoms with E-state index in [2.05, 4.69) is 5.32 Å². The van der Waals surface area contributed by atoms with Gasteiger partial charge >= 0.3 is 0 Å². The van der Waals surface area contributed by atoms with Crippen LogP contribution in [0.2, 0.25) is 0 Å². The first-order valence-electron chi connectivity index (χ1n) is 5.95. The average Bonchev–Trinajstić information content (AvgIpc) is 2.35. The quantitative estimate of drug-likeness (QED) is 0.803. The number of nitrogens with one attached hydrogen (secondary N) is 2. The number of hydrogen-bond acceptors (Lipinski definition) is 3. The second kappa shape index (κ2) is 6.93. The number of rotatable bonds is 7. The van der Waals surface area contributed by atoms with Gasteiger partial charge < -0.3 is 5.32 Å². The predicted octanol–water partition coefficient (Wildman–Crippen LogP) is 1.65. The molecule has 1 aromatic carbocycles. The number of benzene rings is 1. The van der Waals surface area contributed by atoms with Gasteiger partial charge in [0.05, 0.1) is 11.4 Å². The molecule has 0 aliphatic heterocycles. The monoisotopic (exact) mass is 292 g/mol. The van der Waals surface area contributed by atoms with Crippen LogP contribution in [0.4, 0.5) is 8.78 Å². The smallest absolute Gasteiger partial charge is 0.251 e. The highest BCUT2D eigenvalue weighted by molar-refractivity contribution is 7.89. The molecule has 1 aromatic rings. The summed E-state index contributed by atoms with van der Waals surface area (Å²) in [6, 6.07) is 4.83. The molecule has 0 saturated heterocycles. The largest absolute Gasteiger partial charge is 0.313 e. The fraction of sp³-hybridized carbons (Fsp3) is 0.500. The van der Waals surface area contributed by atoms with Crippen LogP contribution in [-0.4, -0.2) is 27.9 Å². The summed E-state index contributed by atoms with van der Waals surface area (Å²) in [5, 5.41) is 3.10. The summed E-state index contributed by atoms with van der Waals surface area (Å²) in [5.74, 6) is 0. The Morgan fingerprint density at radius 1 is 1.32 bits per heavy atom. The SMILES string of the molecule is CCNCc1cccc(S(=O)(=O)NCC(F)F)c1C. The molecule has 0 bridgehead atoms. The number of halogens is 2. The normalized spacial score (nSPS) is 12.1. The zero-order valence-corrected chi connectivity index (χ0v) is 11.7. The van der Waals surface area contributed by atoms with Crippen molar-refractivity contribution in [3.05, 3.63) is 29.3 Å². The lowest BCUT2D eigenvalue weighted by atomic mass is 10.1. The van der Waals surface area contributed by atoms with Crippen molar-refractivity contribution in [2.75, 3.05) is 13.1 Å². The van der Waals surface area contributed by atoms with E-state index in [1.807, 2.05) is 17.7 Å². The lowest BCUT2D eigenvalue weighted by Crippen LogP contribution is -2.29. The fourth-order valence-corrected chi connectivity index (χ4v) is 2.95. The van der Waals surface area contributed by atoms with Crippen LogP contribution in [0.25, 0.3) is 0 Å². The van der Waals surface area contributed by atoms with Crippen LogP contribution < -0.4 is 10.0 Å². The van der Waals surface area contributed by atoms with Crippen molar-refractivity contribution in [1.29, 1.82) is 0 Å². The summed E-state index contributed by atoms with van der Waals surface area (Å²) in [7, 11) is -3.89. The molecular formula is C12H18F2N2O2S. The summed E-state index contributed by atoms with van der Waals surface area (Å²) >= 11 is 0. The van der Waals surface area contributed by atoms with Crippen LogP contribution in [-0.2, 0) is 16.6 Å². The molecule has 1 rings (SSSR count). The topological polar surface area (TPSA) is 58.2 Å². The van der Waals surface area contributed by atoms with Gasteiger partial charge in [-0.1, -0.05) is 19.1 Å². The minimum Gasteiger partial charge on any atom is -0.313 e. The second-order valence-corrected chi connectivity index (χ2v) is 5.80. The highest BCUT2D eigenvalue weighted by atomic mass is 32.2. The lowest BCUT2D eigenvalue weighted by Gasteiger charge is -2.13. The molecule has 0 saturated carbocycles. The van der Waals surface area contributed by atoms with Crippen molar-refractivity contribution in [2.24, 2.45) is 0 Å². The molecule has 0 fully saturated rings. The summed E-state index contributed by atoms with van der Waals surface area (Å²) in [6.07, 6.45) is -2.71. The molecule has 19 heavy (non-hydrogen) atoms. The Morgan fingerprint density at radius 2 is 2.00 bits per heavy atom. The van der Waals surface area contributed by atoms with E-state index in [1.54, 1.807) is 13.0 Å². The summed E-state index contributed by atoms with van der Waals surface area (Å²) in [6.45, 7) is 4.05. The van der Waals surface area contributed by atoms with Crippen LogP contribution in [0.5, 0.6) is 0 Å². The van der Waals surface area contributed by atoms with E-state index in [0.29, 0.717) is 12.1 Å². The standard InChI is InChI=1S/C12H18F2N2O2S/c1-3-15-7-10-5-4-6-11(9(10)2)19(17,18)16-8-12(13)14/h4-6,12,15-16H,3,7-8H2,1-2H3. The van der Waals surface area contributed by atoms with Gasteiger partial charge in [0.15, 0.2) is 0 Å². The van der Waals surface area contributed by atoms with Crippen molar-refractivity contribution in [3.8, 4) is 0 Å². The maximum absolute atomic E-state index is 12.1. The highest BCUT2D eigenvalue weighted by Crippen LogP contribution is 2.18. The summed E-state index contributed by atoms with van der Waals surface area (Å²) < 4.78 is 49.9. The van der Waals surface area contributed by atoms with Crippen LogP contribution in [0.3, 0.4) is 0 Å². The second-order valence-electron chi connectivity index (χ2n) is 4.06. The molecule has 0 aliphatic rings. The van der Waals surface area contributed by atoms with E-state index >= 15 is 0 Å². The Labute approximate surface area is 112 Å². The molecule has 108 valence electrons. The van der Waals surface area contributed by atoms with Crippen LogP contribution in [0.1, 0.15) is 18.1 Å². The number of hydrogen-bond donors (Lipinski definition) is 2. The van der Waals surface area contributed by atoms with Crippen LogP contribution in [0.15, 0.2) is 23.1 Å². The van der Waals surface area contributed by atoms with Crippen molar-refractivity contribution in [2.45, 2.75) is 31.7 Å². The Kier molecular flexibility index (Phi) is 5.84. The van der Waals surface area contributed by atoms with E-state index in [1.165, 1.54) is 6.07 Å². The van der Waals surface area contributed by atoms with Crippen LogP contribution >= 0.6 is 0 Å². The van der Waals surface area contributed by atoms with Gasteiger partial charge in [-0.05, 0) is 30.7 Å². The molecule has 7 heteroatoms. The van der Waals surface area contributed by atoms with E-state index in [0.717, 1.165) is 12.1 Å². The van der Waals surface area contributed by atoms with Gasteiger partial charge in [-0.3, -0.25) is 0 Å². The predicted molar refractivity (Wildman–Crippen MR) is 69.8 cm³/mol. The van der Waals surface area contributed by atoms with Crippen molar-refractivity contribution >= 4 is 10.0 Å². The van der Waals surface area contributed by atoms with Crippen molar-refractivity contribution in [3.63, 3.8) is 0 Å². The zero-order chi connectivity index (χ0) is 14.5. The third kappa shape index (κ3) is 4.52. The number of alkyl halides is 2. The third-order valence-electron chi connectivity index (χ3n) is 2.68. The molecule has 0 aliphatic carbocycles. The molecule has 0 spiro atoms. The maximum atomic E-state index is 12.1. The Bertz CT molecular complexity index is 518. The van der Waals surface area contributed by atoms with Gasteiger partial charge in [0.1, 0.15) is 0 Å². The molecule has 0 atom stereocenters. The van der Waals surface area contributed by atoms with E-state index in [-0.39, 0.29) is 4.90 Å². The summed E-state index contributed by atoms with van der Waals surface area (Å²) in [4.78, 5) is 0.0450. The highest BCUT2D eigenvalue weighted by Gasteiger charge is 2.19. The van der Waals surface area contributed by atoms with Gasteiger partial charge in [0.25, 0.3) is 6.43 Å². The van der Waals surface area contributed by atoms with Gasteiger partial charge in [-0.25, -0.2) is 21.9 Å².